The Labute approximate surface area is 230 Å². The number of morpholine rings is 1. The van der Waals surface area contributed by atoms with Crippen molar-refractivity contribution in [1.29, 1.82) is 0 Å². The lowest BCUT2D eigenvalue weighted by molar-refractivity contribution is -0.125. The molecule has 12 heteroatoms. The summed E-state index contributed by atoms with van der Waals surface area (Å²) >= 11 is 11.2. The number of hydrogen-bond donors (Lipinski definition) is 1. The highest BCUT2D eigenvalue weighted by Gasteiger charge is 2.42. The van der Waals surface area contributed by atoms with E-state index in [1.54, 1.807) is 52.5 Å². The van der Waals surface area contributed by atoms with Crippen LogP contribution >= 0.6 is 38.9 Å². The molecule has 4 heterocycles. The first-order chi connectivity index (χ1) is 17.9. The summed E-state index contributed by atoms with van der Waals surface area (Å²) in [4.78, 5) is 45.9. The van der Waals surface area contributed by atoms with Gasteiger partial charge in [-0.2, -0.15) is 0 Å². The van der Waals surface area contributed by atoms with Gasteiger partial charge in [-0.3, -0.25) is 14.6 Å². The second-order valence-electron chi connectivity index (χ2n) is 8.55. The van der Waals surface area contributed by atoms with Gasteiger partial charge in [0, 0.05) is 31.2 Å². The van der Waals surface area contributed by atoms with Crippen molar-refractivity contribution in [3.8, 4) is 5.06 Å². The number of amides is 3. The predicted molar refractivity (Wildman–Crippen MR) is 143 cm³/mol. The minimum Gasteiger partial charge on any atom is -0.399 e. The third-order valence-corrected chi connectivity index (χ3v) is 8.00. The van der Waals surface area contributed by atoms with Crippen molar-refractivity contribution in [3.63, 3.8) is 0 Å². The molecular weight excluding hydrogens is 584 g/mol. The van der Waals surface area contributed by atoms with Gasteiger partial charge in [0.15, 0.2) is 5.06 Å². The van der Waals surface area contributed by atoms with Gasteiger partial charge in [-0.15, -0.1) is 0 Å². The fraction of sp³-hybridized carbons (Fsp3) is 0.280. The van der Waals surface area contributed by atoms with Crippen molar-refractivity contribution in [2.24, 2.45) is 5.92 Å². The Balaban J connectivity index is 1.37. The summed E-state index contributed by atoms with van der Waals surface area (Å²) in [5.41, 5.74) is 2.03. The van der Waals surface area contributed by atoms with Crippen molar-refractivity contribution in [2.75, 3.05) is 36.1 Å². The number of aromatic nitrogens is 1. The highest BCUT2D eigenvalue weighted by Crippen LogP contribution is 2.35. The number of carbonyl (C=O) groups is 3. The van der Waals surface area contributed by atoms with Crippen molar-refractivity contribution >= 4 is 68.2 Å². The molecule has 3 aromatic rings. The molecule has 2 aliphatic heterocycles. The van der Waals surface area contributed by atoms with Crippen molar-refractivity contribution < 1.29 is 23.9 Å². The Hall–Kier alpha value is -2.99. The summed E-state index contributed by atoms with van der Waals surface area (Å²) in [6, 6.07) is 11.8. The van der Waals surface area contributed by atoms with E-state index in [0.717, 1.165) is 9.35 Å². The number of rotatable bonds is 6. The van der Waals surface area contributed by atoms with Gasteiger partial charge in [-0.25, -0.2) is 4.79 Å². The predicted octanol–water partition coefficient (Wildman–Crippen LogP) is 4.28. The lowest BCUT2D eigenvalue weighted by atomic mass is 9.95. The van der Waals surface area contributed by atoms with Crippen LogP contribution in [-0.4, -0.2) is 55.2 Å². The summed E-state index contributed by atoms with van der Waals surface area (Å²) < 4.78 is 11.4. The van der Waals surface area contributed by atoms with Crippen LogP contribution in [0.2, 0.25) is 5.02 Å². The molecule has 0 radical (unpaired) electrons. The van der Waals surface area contributed by atoms with E-state index in [0.29, 0.717) is 41.0 Å². The molecule has 1 aromatic carbocycles. The highest BCUT2D eigenvalue weighted by atomic mass is 79.9. The second kappa shape index (κ2) is 11.2. The average Bonchev–Trinajstić information content (AvgIpc) is 3.42. The lowest BCUT2D eigenvalue weighted by Gasteiger charge is -2.28. The van der Waals surface area contributed by atoms with E-state index in [4.69, 9.17) is 21.1 Å². The first kappa shape index (κ1) is 25.7. The zero-order chi connectivity index (χ0) is 25.9. The number of carbonyl (C=O) groups excluding carboxylic acids is 3. The number of nitrogens with one attached hydrogen (secondary N) is 1. The van der Waals surface area contributed by atoms with Crippen molar-refractivity contribution in [1.82, 2.24) is 10.3 Å². The molecule has 192 valence electrons. The maximum absolute atomic E-state index is 13.6. The quantitative estimate of drug-likeness (QED) is 0.450. The number of nitrogens with zero attached hydrogens (tertiary/aromatic N) is 3. The molecule has 0 aliphatic carbocycles. The summed E-state index contributed by atoms with van der Waals surface area (Å²) in [5.74, 6) is -0.861. The summed E-state index contributed by atoms with van der Waals surface area (Å²) in [6.07, 6.45) is 3.14. The van der Waals surface area contributed by atoms with Gasteiger partial charge >= 0.3 is 6.09 Å². The van der Waals surface area contributed by atoms with Gasteiger partial charge in [0.25, 0.3) is 5.91 Å². The fourth-order valence-corrected chi connectivity index (χ4v) is 5.92. The standard InChI is InChI=1S/C25H22BrClN4O5S/c26-21-5-6-23(37-21)36-25(34)29-19-13-31(24(33)17(19)10-15-2-1-7-28-12-15)16-3-4-20(18(27)11-16)30-8-9-35-14-22(30)32/h1-7,11-12,17,19H,8-10,13-14H2,(H,29,34). The normalized spacial score (nSPS) is 19.8. The van der Waals surface area contributed by atoms with Crippen LogP contribution < -0.4 is 19.9 Å². The van der Waals surface area contributed by atoms with Gasteiger partial charge in [0.2, 0.25) is 5.91 Å². The number of pyridine rings is 1. The number of thiophene rings is 1. The third kappa shape index (κ3) is 5.80. The molecule has 0 spiro atoms. The van der Waals surface area contributed by atoms with Gasteiger partial charge in [-0.1, -0.05) is 29.0 Å². The molecule has 2 fully saturated rings. The van der Waals surface area contributed by atoms with Crippen LogP contribution in [0, 0.1) is 5.92 Å². The van der Waals surface area contributed by atoms with Gasteiger partial charge in [0.05, 0.1) is 33.1 Å². The van der Waals surface area contributed by atoms with Crippen molar-refractivity contribution in [2.45, 2.75) is 12.5 Å². The first-order valence-electron chi connectivity index (χ1n) is 11.5. The highest BCUT2D eigenvalue weighted by molar-refractivity contribution is 9.11. The Bertz CT molecular complexity index is 1320. The molecule has 5 rings (SSSR count). The molecule has 2 aliphatic rings. The number of hydrogen-bond acceptors (Lipinski definition) is 7. The SMILES string of the molecule is O=C(NC1CN(c2ccc(N3CCOCC3=O)c(Cl)c2)C(=O)C1Cc1cccnc1)Oc1ccc(Br)s1. The molecule has 2 unspecified atom stereocenters. The molecular formula is C25H22BrClN4O5S. The van der Waals surface area contributed by atoms with Crippen LogP contribution in [0.4, 0.5) is 16.2 Å². The van der Waals surface area contributed by atoms with Crippen LogP contribution in [0.3, 0.4) is 0 Å². The van der Waals surface area contributed by atoms with E-state index in [9.17, 15) is 14.4 Å². The molecule has 3 amide bonds. The molecule has 2 aromatic heterocycles. The summed E-state index contributed by atoms with van der Waals surface area (Å²) in [6.45, 7) is 1.07. The van der Waals surface area contributed by atoms with Crippen LogP contribution in [0.5, 0.6) is 5.06 Å². The Morgan fingerprint density at radius 3 is 2.81 bits per heavy atom. The van der Waals surface area contributed by atoms with E-state index in [1.165, 1.54) is 11.3 Å². The average molecular weight is 606 g/mol. The number of ether oxygens (including phenoxy) is 2. The summed E-state index contributed by atoms with van der Waals surface area (Å²) in [7, 11) is 0. The Kier molecular flexibility index (Phi) is 7.75. The maximum atomic E-state index is 13.6. The molecule has 2 saturated heterocycles. The number of halogens is 2. The topological polar surface area (TPSA) is 101 Å². The Morgan fingerprint density at radius 1 is 1.24 bits per heavy atom. The van der Waals surface area contributed by atoms with E-state index < -0.39 is 18.1 Å². The fourth-order valence-electron chi connectivity index (χ4n) is 4.45. The van der Waals surface area contributed by atoms with Crippen LogP contribution in [0.15, 0.2) is 58.6 Å². The number of benzene rings is 1. The zero-order valence-corrected chi connectivity index (χ0v) is 22.6. The summed E-state index contributed by atoms with van der Waals surface area (Å²) in [5, 5.41) is 3.66. The zero-order valence-electron chi connectivity index (χ0n) is 19.4. The molecule has 1 N–H and O–H groups in total. The molecule has 0 bridgehead atoms. The van der Waals surface area contributed by atoms with Gasteiger partial charge in [0.1, 0.15) is 6.61 Å². The molecule has 0 saturated carbocycles. The largest absolute Gasteiger partial charge is 0.413 e. The first-order valence-corrected chi connectivity index (χ1v) is 13.5. The van der Waals surface area contributed by atoms with E-state index in [1.807, 2.05) is 12.1 Å². The minimum atomic E-state index is -0.635. The maximum Gasteiger partial charge on any atom is 0.413 e. The van der Waals surface area contributed by atoms with E-state index in [-0.39, 0.29) is 25.0 Å². The number of anilines is 2. The van der Waals surface area contributed by atoms with Crippen LogP contribution in [0.1, 0.15) is 5.56 Å². The Morgan fingerprint density at radius 2 is 2.11 bits per heavy atom. The van der Waals surface area contributed by atoms with E-state index in [2.05, 4.69) is 26.2 Å². The van der Waals surface area contributed by atoms with Crippen molar-refractivity contribution in [3.05, 3.63) is 69.2 Å². The van der Waals surface area contributed by atoms with Crippen LogP contribution in [-0.2, 0) is 20.7 Å². The van der Waals surface area contributed by atoms with Gasteiger partial charge < -0.3 is 24.6 Å². The molecule has 37 heavy (non-hydrogen) atoms. The second-order valence-corrected chi connectivity index (χ2v) is 11.4. The minimum absolute atomic E-state index is 0.00455. The van der Waals surface area contributed by atoms with Crippen LogP contribution in [0.25, 0.3) is 0 Å². The smallest absolute Gasteiger partial charge is 0.399 e. The lowest BCUT2D eigenvalue weighted by Crippen LogP contribution is -2.42. The van der Waals surface area contributed by atoms with Gasteiger partial charge in [-0.05, 0) is 64.3 Å². The monoisotopic (exact) mass is 604 g/mol. The third-order valence-electron chi connectivity index (χ3n) is 6.19. The van der Waals surface area contributed by atoms with E-state index >= 15 is 0 Å². The molecule has 9 nitrogen and oxygen atoms in total. The molecule has 2 atom stereocenters.